The van der Waals surface area contributed by atoms with Gasteiger partial charge in [-0.2, -0.15) is 0 Å². The standard InChI is InChI=1S/3C15H12O2.C12H8N2S.Eu/c3*16-14(12-7-3-1-4-8-12)11-15(17)13-9-5-2-6-10-13;1-2-7-11-9(5-1)14-12(15-11)10-6-3-4-8-13-10;/h3*1-10H,11H2;1-8H;. The van der Waals surface area contributed by atoms with E-state index < -0.39 is 0 Å². The van der Waals surface area contributed by atoms with Gasteiger partial charge in [-0.15, -0.1) is 11.3 Å². The second kappa shape index (κ2) is 27.6. The quantitative estimate of drug-likeness (QED) is 0.0825. The van der Waals surface area contributed by atoms with Gasteiger partial charge in [0.2, 0.25) is 0 Å². The van der Waals surface area contributed by atoms with Crippen LogP contribution < -0.4 is 0 Å². The SMILES string of the molecule is O=C(CC(=O)c1ccccc1)c1ccccc1.O=C(CC(=O)c1ccccc1)c1ccccc1.O=C(CC(=O)c1ccccc1)c1ccccc1.[Eu].c1ccc(-c2nc3ccccc3s2)nc1. The van der Waals surface area contributed by atoms with Gasteiger partial charge in [0.05, 0.1) is 35.2 Å². The van der Waals surface area contributed by atoms with Crippen LogP contribution >= 0.6 is 11.3 Å². The summed E-state index contributed by atoms with van der Waals surface area (Å²) in [5.74, 6) is -0.836. The van der Waals surface area contributed by atoms with Crippen molar-refractivity contribution in [3.8, 4) is 10.7 Å². The van der Waals surface area contributed by atoms with Crippen LogP contribution in [-0.2, 0) is 0 Å². The molecule has 0 atom stereocenters. The van der Waals surface area contributed by atoms with Crippen LogP contribution in [0.5, 0.6) is 0 Å². The molecule has 331 valence electrons. The van der Waals surface area contributed by atoms with E-state index in [4.69, 9.17) is 0 Å². The van der Waals surface area contributed by atoms with Gasteiger partial charge >= 0.3 is 0 Å². The fourth-order valence-corrected chi connectivity index (χ4v) is 7.21. The number of carbonyl (C=O) groups is 6. The molecule has 0 N–H and O–H groups in total. The minimum Gasteiger partial charge on any atom is -0.294 e. The predicted molar refractivity (Wildman–Crippen MR) is 261 cm³/mol. The van der Waals surface area contributed by atoms with Crippen molar-refractivity contribution < 1.29 is 78.1 Å². The van der Waals surface area contributed by atoms with E-state index in [1.807, 2.05) is 72.8 Å². The molecule has 1 radical (unpaired) electrons. The van der Waals surface area contributed by atoms with Gasteiger partial charge in [-0.3, -0.25) is 33.8 Å². The molecule has 10 heteroatoms. The number of thiazole rings is 1. The van der Waals surface area contributed by atoms with Crippen molar-refractivity contribution in [2.24, 2.45) is 0 Å². The topological polar surface area (TPSA) is 128 Å². The molecule has 67 heavy (non-hydrogen) atoms. The zero-order chi connectivity index (χ0) is 46.4. The third-order valence-electron chi connectivity index (χ3n) is 9.72. The third-order valence-corrected chi connectivity index (χ3v) is 10.8. The Kier molecular flexibility index (Phi) is 21.1. The van der Waals surface area contributed by atoms with Crippen LogP contribution in [0, 0.1) is 49.4 Å². The molecule has 0 aliphatic heterocycles. The third kappa shape index (κ3) is 16.5. The van der Waals surface area contributed by atoms with Crippen LogP contribution in [0.3, 0.4) is 0 Å². The van der Waals surface area contributed by atoms with Crippen molar-refractivity contribution in [1.82, 2.24) is 9.97 Å². The Balaban J connectivity index is 0.000000166. The number of benzene rings is 7. The van der Waals surface area contributed by atoms with E-state index in [-0.39, 0.29) is 103 Å². The molecule has 0 aliphatic rings. The number of rotatable bonds is 13. The van der Waals surface area contributed by atoms with Gasteiger partial charge in [-0.25, -0.2) is 4.98 Å². The molecule has 0 unspecified atom stereocenters. The Labute approximate surface area is 434 Å². The van der Waals surface area contributed by atoms with Gasteiger partial charge in [-0.05, 0) is 24.3 Å². The smallest absolute Gasteiger partial charge is 0.170 e. The van der Waals surface area contributed by atoms with E-state index in [9.17, 15) is 28.8 Å². The molecule has 0 fully saturated rings. The summed E-state index contributed by atoms with van der Waals surface area (Å²) in [6.07, 6.45) is 1.57. The second-order valence-corrected chi connectivity index (χ2v) is 15.5. The summed E-state index contributed by atoms with van der Waals surface area (Å²) in [6.45, 7) is 0. The van der Waals surface area contributed by atoms with Gasteiger partial charge in [-0.1, -0.05) is 200 Å². The molecule has 0 amide bonds. The van der Waals surface area contributed by atoms with Gasteiger partial charge < -0.3 is 0 Å². The van der Waals surface area contributed by atoms with Crippen LogP contribution in [0.25, 0.3) is 20.9 Å². The van der Waals surface area contributed by atoms with Crippen LogP contribution in [0.2, 0.25) is 0 Å². The molecule has 2 aromatic heterocycles. The number of para-hydroxylation sites is 1. The summed E-state index contributed by atoms with van der Waals surface area (Å²) in [5.41, 5.74) is 5.47. The van der Waals surface area contributed by atoms with E-state index in [1.54, 1.807) is 163 Å². The Morgan fingerprint density at radius 2 is 0.597 bits per heavy atom. The van der Waals surface area contributed by atoms with Gasteiger partial charge in [0.25, 0.3) is 0 Å². The number of carbonyl (C=O) groups excluding carboxylic acids is 6. The molecule has 0 spiro atoms. The van der Waals surface area contributed by atoms with Crippen molar-refractivity contribution >= 4 is 56.3 Å². The van der Waals surface area contributed by atoms with Crippen LogP contribution in [0.15, 0.2) is 231 Å². The molecule has 7 aromatic carbocycles. The van der Waals surface area contributed by atoms with E-state index in [1.165, 1.54) is 4.70 Å². The Hall–Kier alpha value is -6.82. The van der Waals surface area contributed by atoms with Crippen LogP contribution in [0.1, 0.15) is 81.4 Å². The molecule has 0 aliphatic carbocycles. The first kappa shape index (κ1) is 51.2. The number of Topliss-reactive ketones (excluding diaryl/α,β-unsaturated/α-hetero) is 6. The van der Waals surface area contributed by atoms with Crippen LogP contribution in [0.4, 0.5) is 0 Å². The molecule has 8 nitrogen and oxygen atoms in total. The number of nitrogens with zero attached hydrogens (tertiary/aromatic N) is 2. The maximum atomic E-state index is 11.8. The Bertz CT molecular complexity index is 2550. The summed E-state index contributed by atoms with van der Waals surface area (Å²) >= 11 is 1.68. The van der Waals surface area contributed by atoms with E-state index in [0.29, 0.717) is 33.4 Å². The van der Waals surface area contributed by atoms with Crippen molar-refractivity contribution in [1.29, 1.82) is 0 Å². The summed E-state index contributed by atoms with van der Waals surface area (Å²) in [7, 11) is 0. The van der Waals surface area contributed by atoms with Crippen LogP contribution in [-0.4, -0.2) is 44.7 Å². The first-order valence-electron chi connectivity index (χ1n) is 21.0. The number of pyridine rings is 1. The van der Waals surface area contributed by atoms with Gasteiger partial charge in [0.1, 0.15) is 5.01 Å². The summed E-state index contributed by atoms with van der Waals surface area (Å²) in [5, 5.41) is 0.983. The minimum absolute atomic E-state index is 0. The average Bonchev–Trinajstić information content (AvgIpc) is 3.83. The molecule has 2 heterocycles. The average molecular weight is 1040 g/mol. The number of fused-ring (bicyclic) bond motifs is 1. The van der Waals surface area contributed by atoms with Gasteiger partial charge in [0, 0.05) is 89.0 Å². The first-order valence-corrected chi connectivity index (χ1v) is 21.8. The molecule has 0 saturated carbocycles. The Morgan fingerprint density at radius 1 is 0.328 bits per heavy atom. The zero-order valence-corrected chi connectivity index (χ0v) is 39.4. The summed E-state index contributed by atoms with van der Waals surface area (Å²) in [6, 6.07) is 67.3. The number of hydrogen-bond acceptors (Lipinski definition) is 9. The van der Waals surface area contributed by atoms with Crippen molar-refractivity contribution in [3.05, 3.63) is 264 Å². The first-order chi connectivity index (χ1) is 32.2. The molecular weight excluding hydrogens is 993 g/mol. The maximum absolute atomic E-state index is 11.8. The van der Waals surface area contributed by atoms with Crippen molar-refractivity contribution in [2.75, 3.05) is 0 Å². The molecular formula is C57H44EuN2O6S. The normalized spacial score (nSPS) is 9.91. The zero-order valence-electron chi connectivity index (χ0n) is 36.2. The van der Waals surface area contributed by atoms with Gasteiger partial charge in [0.15, 0.2) is 34.7 Å². The largest absolute Gasteiger partial charge is 0.294 e. The van der Waals surface area contributed by atoms with E-state index >= 15 is 0 Å². The summed E-state index contributed by atoms with van der Waals surface area (Å²) < 4.78 is 1.21. The second-order valence-electron chi connectivity index (χ2n) is 14.5. The predicted octanol–water partition coefficient (Wildman–Crippen LogP) is 12.8. The Morgan fingerprint density at radius 3 is 0.866 bits per heavy atom. The van der Waals surface area contributed by atoms with E-state index in [0.717, 1.165) is 16.2 Å². The minimum atomic E-state index is -0.139. The molecule has 0 saturated heterocycles. The van der Waals surface area contributed by atoms with Crippen molar-refractivity contribution in [3.63, 3.8) is 0 Å². The maximum Gasteiger partial charge on any atom is 0.170 e. The molecule has 0 bridgehead atoms. The number of hydrogen-bond donors (Lipinski definition) is 0. The monoisotopic (exact) mass is 1040 g/mol. The fourth-order valence-electron chi connectivity index (χ4n) is 6.27. The number of aromatic nitrogens is 2. The molecule has 9 rings (SSSR count). The number of ketones is 6. The van der Waals surface area contributed by atoms with E-state index in [2.05, 4.69) is 16.0 Å². The fraction of sp³-hybridized carbons (Fsp3) is 0.0526. The molecule has 9 aromatic rings. The van der Waals surface area contributed by atoms with Crippen molar-refractivity contribution in [2.45, 2.75) is 19.3 Å². The summed E-state index contributed by atoms with van der Waals surface area (Å²) in [4.78, 5) is 79.7.